The standard InChI is InChI=1S/C20H18N2O3/c23-18(21-17-11-14-6-2-3-7-15(14)19(17)24)12-22-10-9-13-5-1-4-8-16(13)20(22)25/h1-10,17,19,24H,11-12H2,(H,21,23)/t17-,19+/m1/s1. The maximum absolute atomic E-state index is 12.5. The number of fused-ring (bicyclic) bond motifs is 2. The van der Waals surface area contributed by atoms with E-state index in [1.165, 1.54) is 4.57 Å². The number of hydrogen-bond donors (Lipinski definition) is 2. The quantitative estimate of drug-likeness (QED) is 0.767. The van der Waals surface area contributed by atoms with Crippen LogP contribution in [0.1, 0.15) is 17.2 Å². The molecule has 0 bridgehead atoms. The lowest BCUT2D eigenvalue weighted by Crippen LogP contribution is -2.41. The number of rotatable bonds is 3. The van der Waals surface area contributed by atoms with Gasteiger partial charge in [-0.25, -0.2) is 0 Å². The number of aliphatic hydroxyl groups is 1. The first kappa shape index (κ1) is 15.6. The number of hydrogen-bond acceptors (Lipinski definition) is 3. The molecule has 1 aliphatic carbocycles. The Morgan fingerprint density at radius 1 is 1.12 bits per heavy atom. The van der Waals surface area contributed by atoms with Gasteiger partial charge < -0.3 is 15.0 Å². The number of benzene rings is 2. The van der Waals surface area contributed by atoms with Gasteiger partial charge in [-0.05, 0) is 35.1 Å². The molecule has 0 aliphatic heterocycles. The van der Waals surface area contributed by atoms with Crippen molar-refractivity contribution in [2.45, 2.75) is 25.1 Å². The zero-order valence-electron chi connectivity index (χ0n) is 13.6. The van der Waals surface area contributed by atoms with Crippen LogP contribution in [0.4, 0.5) is 0 Å². The highest BCUT2D eigenvalue weighted by atomic mass is 16.3. The van der Waals surface area contributed by atoms with Crippen LogP contribution >= 0.6 is 0 Å². The third-order valence-corrected chi connectivity index (χ3v) is 4.74. The van der Waals surface area contributed by atoms with Gasteiger partial charge in [0, 0.05) is 11.6 Å². The van der Waals surface area contributed by atoms with Crippen molar-refractivity contribution >= 4 is 16.7 Å². The van der Waals surface area contributed by atoms with Crippen molar-refractivity contribution in [3.63, 3.8) is 0 Å². The van der Waals surface area contributed by atoms with Crippen LogP contribution in [0.25, 0.3) is 10.8 Å². The number of amides is 1. The predicted molar refractivity (Wildman–Crippen MR) is 95.2 cm³/mol. The van der Waals surface area contributed by atoms with Gasteiger partial charge in [-0.15, -0.1) is 0 Å². The van der Waals surface area contributed by atoms with Crippen molar-refractivity contribution in [3.8, 4) is 0 Å². The Morgan fingerprint density at radius 2 is 1.88 bits per heavy atom. The molecule has 1 heterocycles. The van der Waals surface area contributed by atoms with Crippen LogP contribution < -0.4 is 10.9 Å². The molecule has 4 rings (SSSR count). The zero-order chi connectivity index (χ0) is 17.4. The van der Waals surface area contributed by atoms with Crippen LogP contribution in [0.5, 0.6) is 0 Å². The van der Waals surface area contributed by atoms with Crippen LogP contribution in [0.3, 0.4) is 0 Å². The number of aromatic nitrogens is 1. The largest absolute Gasteiger partial charge is 0.386 e. The Morgan fingerprint density at radius 3 is 2.72 bits per heavy atom. The topological polar surface area (TPSA) is 71.3 Å². The Hall–Kier alpha value is -2.92. The van der Waals surface area contributed by atoms with Gasteiger partial charge in [0.2, 0.25) is 5.91 Å². The van der Waals surface area contributed by atoms with E-state index < -0.39 is 6.10 Å². The van der Waals surface area contributed by atoms with E-state index in [0.29, 0.717) is 11.8 Å². The monoisotopic (exact) mass is 334 g/mol. The van der Waals surface area contributed by atoms with E-state index in [4.69, 9.17) is 0 Å². The van der Waals surface area contributed by atoms with Crippen LogP contribution in [-0.2, 0) is 17.8 Å². The summed E-state index contributed by atoms with van der Waals surface area (Å²) in [6.45, 7) is -0.0662. The summed E-state index contributed by atoms with van der Waals surface area (Å²) in [5.41, 5.74) is 1.71. The molecular weight excluding hydrogens is 316 g/mol. The van der Waals surface area contributed by atoms with Gasteiger partial charge in [0.15, 0.2) is 0 Å². The minimum absolute atomic E-state index is 0.0662. The van der Waals surface area contributed by atoms with Gasteiger partial charge >= 0.3 is 0 Å². The molecule has 1 aromatic heterocycles. The van der Waals surface area contributed by atoms with Crippen LogP contribution in [0.2, 0.25) is 0 Å². The van der Waals surface area contributed by atoms with Crippen molar-refractivity contribution in [2.75, 3.05) is 0 Å². The fraction of sp³-hybridized carbons (Fsp3) is 0.200. The Kier molecular flexibility index (Phi) is 3.86. The second kappa shape index (κ2) is 6.18. The van der Waals surface area contributed by atoms with E-state index in [1.54, 1.807) is 18.3 Å². The summed E-state index contributed by atoms with van der Waals surface area (Å²) in [6.07, 6.45) is 1.51. The first-order valence-electron chi connectivity index (χ1n) is 8.27. The summed E-state index contributed by atoms with van der Waals surface area (Å²) in [4.78, 5) is 24.8. The average molecular weight is 334 g/mol. The van der Waals surface area contributed by atoms with Crippen LogP contribution in [0.15, 0.2) is 65.6 Å². The smallest absolute Gasteiger partial charge is 0.258 e. The van der Waals surface area contributed by atoms with E-state index in [9.17, 15) is 14.7 Å². The molecule has 2 N–H and O–H groups in total. The minimum atomic E-state index is -0.714. The van der Waals surface area contributed by atoms with E-state index in [0.717, 1.165) is 16.5 Å². The fourth-order valence-electron chi connectivity index (χ4n) is 3.47. The molecule has 3 aromatic rings. The van der Waals surface area contributed by atoms with Crippen molar-refractivity contribution in [2.24, 2.45) is 0 Å². The molecule has 1 aliphatic rings. The summed E-state index contributed by atoms with van der Waals surface area (Å²) in [7, 11) is 0. The van der Waals surface area contributed by atoms with Crippen molar-refractivity contribution < 1.29 is 9.90 Å². The summed E-state index contributed by atoms with van der Waals surface area (Å²) in [5, 5.41) is 14.7. The van der Waals surface area contributed by atoms with Gasteiger partial charge in [-0.3, -0.25) is 9.59 Å². The Labute approximate surface area is 144 Å². The van der Waals surface area contributed by atoms with E-state index in [2.05, 4.69) is 5.32 Å². The Bertz CT molecular complexity index is 1010. The molecule has 25 heavy (non-hydrogen) atoms. The van der Waals surface area contributed by atoms with E-state index >= 15 is 0 Å². The van der Waals surface area contributed by atoms with E-state index in [-0.39, 0.29) is 24.1 Å². The highest BCUT2D eigenvalue weighted by Crippen LogP contribution is 2.30. The lowest BCUT2D eigenvalue weighted by Gasteiger charge is -2.17. The summed E-state index contributed by atoms with van der Waals surface area (Å²) < 4.78 is 1.39. The van der Waals surface area contributed by atoms with E-state index in [1.807, 2.05) is 42.5 Å². The SMILES string of the molecule is O=C(Cn1ccc2ccccc2c1=O)N[C@@H]1Cc2ccccc2[C@@H]1O. The molecule has 2 aromatic carbocycles. The molecule has 2 atom stereocenters. The number of aliphatic hydroxyl groups excluding tert-OH is 1. The van der Waals surface area contributed by atoms with Crippen molar-refractivity contribution in [1.82, 2.24) is 9.88 Å². The van der Waals surface area contributed by atoms with Gasteiger partial charge in [-0.1, -0.05) is 42.5 Å². The second-order valence-corrected chi connectivity index (χ2v) is 6.36. The molecule has 5 nitrogen and oxygen atoms in total. The number of nitrogens with one attached hydrogen (secondary N) is 1. The first-order chi connectivity index (χ1) is 12.1. The summed E-state index contributed by atoms with van der Waals surface area (Å²) in [6, 6.07) is 16.4. The second-order valence-electron chi connectivity index (χ2n) is 6.36. The highest BCUT2D eigenvalue weighted by Gasteiger charge is 2.31. The maximum atomic E-state index is 12.5. The number of carbonyl (C=O) groups excluding carboxylic acids is 1. The average Bonchev–Trinajstić information content (AvgIpc) is 2.94. The van der Waals surface area contributed by atoms with Gasteiger partial charge in [0.25, 0.3) is 5.56 Å². The van der Waals surface area contributed by atoms with Crippen molar-refractivity contribution in [1.29, 1.82) is 0 Å². The van der Waals surface area contributed by atoms with Crippen LogP contribution in [-0.4, -0.2) is 21.6 Å². The van der Waals surface area contributed by atoms with Gasteiger partial charge in [0.05, 0.1) is 12.1 Å². The lowest BCUT2D eigenvalue weighted by atomic mass is 10.1. The molecule has 0 spiro atoms. The molecule has 1 amide bonds. The molecule has 5 heteroatoms. The Balaban J connectivity index is 1.50. The third kappa shape index (κ3) is 2.83. The van der Waals surface area contributed by atoms with Crippen molar-refractivity contribution in [3.05, 3.63) is 82.3 Å². The van der Waals surface area contributed by atoms with Gasteiger partial charge in [-0.2, -0.15) is 0 Å². The molecule has 0 fully saturated rings. The molecule has 126 valence electrons. The molecule has 0 saturated heterocycles. The zero-order valence-corrected chi connectivity index (χ0v) is 13.6. The maximum Gasteiger partial charge on any atom is 0.258 e. The van der Waals surface area contributed by atoms with Crippen LogP contribution in [0, 0.1) is 0 Å². The predicted octanol–water partition coefficient (Wildman–Crippen LogP) is 1.78. The third-order valence-electron chi connectivity index (χ3n) is 4.74. The number of pyridine rings is 1. The number of nitrogens with zero attached hydrogens (tertiary/aromatic N) is 1. The number of carbonyl (C=O) groups is 1. The fourth-order valence-corrected chi connectivity index (χ4v) is 3.47. The lowest BCUT2D eigenvalue weighted by molar-refractivity contribution is -0.123. The molecular formula is C20H18N2O3. The summed E-state index contributed by atoms with van der Waals surface area (Å²) >= 11 is 0. The molecule has 0 saturated carbocycles. The summed E-state index contributed by atoms with van der Waals surface area (Å²) in [5.74, 6) is -0.283. The minimum Gasteiger partial charge on any atom is -0.386 e. The highest BCUT2D eigenvalue weighted by molar-refractivity contribution is 5.82. The normalized spacial score (nSPS) is 18.9. The molecule has 0 unspecified atom stereocenters. The molecule has 0 radical (unpaired) electrons. The van der Waals surface area contributed by atoms with Gasteiger partial charge in [0.1, 0.15) is 6.54 Å². The first-order valence-corrected chi connectivity index (χ1v) is 8.27.